The van der Waals surface area contributed by atoms with Crippen LogP contribution in [-0.4, -0.2) is 39.0 Å². The van der Waals surface area contributed by atoms with Crippen molar-refractivity contribution < 1.29 is 26.3 Å². The van der Waals surface area contributed by atoms with Crippen LogP contribution in [0.2, 0.25) is 0 Å². The van der Waals surface area contributed by atoms with Gasteiger partial charge in [0.15, 0.2) is 11.6 Å². The Morgan fingerprint density at radius 1 is 1.24 bits per heavy atom. The molecule has 2 rings (SSSR count). The summed E-state index contributed by atoms with van der Waals surface area (Å²) in [5, 5.41) is 0. The molecule has 1 saturated heterocycles. The summed E-state index contributed by atoms with van der Waals surface area (Å²) in [6.45, 7) is 2.87. The molecule has 21 heavy (non-hydrogen) atoms. The number of hydrogen-bond donors (Lipinski definition) is 0. The number of halogens is 3. The normalized spacial score (nSPS) is 19.4. The lowest BCUT2D eigenvalue weighted by Gasteiger charge is -2.23. The fourth-order valence-corrected chi connectivity index (χ4v) is 3.84. The Balaban J connectivity index is 2.32. The molecular weight excluding hydrogens is 307 g/mol. The van der Waals surface area contributed by atoms with E-state index in [1.807, 2.05) is 0 Å². The number of hydrogen-bond acceptors (Lipinski definition) is 3. The van der Waals surface area contributed by atoms with Crippen molar-refractivity contribution in [2.24, 2.45) is 5.92 Å². The first-order chi connectivity index (χ1) is 9.86. The van der Waals surface area contributed by atoms with E-state index in [-0.39, 0.29) is 25.1 Å². The van der Waals surface area contributed by atoms with E-state index in [9.17, 15) is 21.6 Å². The highest BCUT2D eigenvalue weighted by Crippen LogP contribution is 2.24. The second-order valence-corrected chi connectivity index (χ2v) is 6.79. The third-order valence-electron chi connectivity index (χ3n) is 3.43. The van der Waals surface area contributed by atoms with Crippen molar-refractivity contribution in [3.8, 4) is 0 Å². The summed E-state index contributed by atoms with van der Waals surface area (Å²) in [4.78, 5) is -0.845. The van der Waals surface area contributed by atoms with Crippen LogP contribution in [0.1, 0.15) is 13.3 Å². The molecule has 0 radical (unpaired) electrons. The molecule has 1 aliphatic rings. The molecule has 1 aliphatic heterocycles. The predicted octanol–water partition coefficient (Wildman–Crippen LogP) is 2.15. The molecule has 0 aromatic heterocycles. The minimum Gasteiger partial charge on any atom is -0.381 e. The summed E-state index contributed by atoms with van der Waals surface area (Å²) < 4.78 is 70.8. The summed E-state index contributed by atoms with van der Waals surface area (Å²) in [5.41, 5.74) is 0. The van der Waals surface area contributed by atoms with E-state index in [0.717, 1.165) is 4.31 Å². The average Bonchev–Trinajstić information content (AvgIpc) is 2.92. The Morgan fingerprint density at radius 2 is 1.90 bits per heavy atom. The van der Waals surface area contributed by atoms with Gasteiger partial charge in [-0.25, -0.2) is 21.6 Å². The van der Waals surface area contributed by atoms with Gasteiger partial charge in [-0.05, 0) is 18.4 Å². The zero-order valence-electron chi connectivity index (χ0n) is 11.5. The molecular formula is C13H16F3NO3S. The standard InChI is InChI=1S/C13H16F3NO3S/c1-2-17(7-9-3-4-20-8-9)21(18,19)13-6-11(15)10(14)5-12(13)16/h5-6,9H,2-4,7-8H2,1H3/t9-/m0/s1. The van der Waals surface area contributed by atoms with Crippen molar-refractivity contribution in [3.63, 3.8) is 0 Å². The molecule has 1 fully saturated rings. The smallest absolute Gasteiger partial charge is 0.246 e. The van der Waals surface area contributed by atoms with Crippen molar-refractivity contribution in [2.75, 3.05) is 26.3 Å². The molecule has 4 nitrogen and oxygen atoms in total. The first-order valence-corrected chi connectivity index (χ1v) is 8.02. The lowest BCUT2D eigenvalue weighted by atomic mass is 10.1. The van der Waals surface area contributed by atoms with Gasteiger partial charge in [0, 0.05) is 25.8 Å². The molecule has 118 valence electrons. The average molecular weight is 323 g/mol. The van der Waals surface area contributed by atoms with E-state index in [1.165, 1.54) is 0 Å². The van der Waals surface area contributed by atoms with Crippen LogP contribution in [0.3, 0.4) is 0 Å². The largest absolute Gasteiger partial charge is 0.381 e. The molecule has 0 spiro atoms. The van der Waals surface area contributed by atoms with Gasteiger partial charge in [0.2, 0.25) is 10.0 Å². The molecule has 1 aromatic carbocycles. The van der Waals surface area contributed by atoms with E-state index in [4.69, 9.17) is 4.74 Å². The van der Waals surface area contributed by atoms with Gasteiger partial charge in [-0.1, -0.05) is 6.92 Å². The van der Waals surface area contributed by atoms with E-state index < -0.39 is 32.4 Å². The molecule has 1 atom stereocenters. The lowest BCUT2D eigenvalue weighted by Crippen LogP contribution is -2.36. The monoisotopic (exact) mass is 323 g/mol. The maximum atomic E-state index is 13.7. The Morgan fingerprint density at radius 3 is 2.48 bits per heavy atom. The molecule has 0 unspecified atom stereocenters. The fraction of sp³-hybridized carbons (Fsp3) is 0.538. The third-order valence-corrected chi connectivity index (χ3v) is 5.39. The van der Waals surface area contributed by atoms with Crippen LogP contribution in [0.4, 0.5) is 13.2 Å². The van der Waals surface area contributed by atoms with Crippen LogP contribution in [0.5, 0.6) is 0 Å². The number of nitrogens with zero attached hydrogens (tertiary/aromatic N) is 1. The highest BCUT2D eigenvalue weighted by atomic mass is 32.2. The quantitative estimate of drug-likeness (QED) is 0.780. The van der Waals surface area contributed by atoms with Gasteiger partial charge in [0.1, 0.15) is 10.7 Å². The van der Waals surface area contributed by atoms with Gasteiger partial charge in [0.05, 0.1) is 6.61 Å². The molecule has 0 amide bonds. The zero-order chi connectivity index (χ0) is 15.6. The molecule has 1 heterocycles. The highest BCUT2D eigenvalue weighted by molar-refractivity contribution is 7.89. The summed E-state index contributed by atoms with van der Waals surface area (Å²) in [5.74, 6) is -4.09. The van der Waals surface area contributed by atoms with Crippen molar-refractivity contribution >= 4 is 10.0 Å². The fourth-order valence-electron chi connectivity index (χ4n) is 2.25. The van der Waals surface area contributed by atoms with Crippen molar-refractivity contribution in [1.82, 2.24) is 4.31 Å². The molecule has 8 heteroatoms. The number of benzene rings is 1. The van der Waals surface area contributed by atoms with E-state index in [1.54, 1.807) is 6.92 Å². The van der Waals surface area contributed by atoms with Crippen molar-refractivity contribution in [3.05, 3.63) is 29.6 Å². The second-order valence-electron chi connectivity index (χ2n) is 4.88. The van der Waals surface area contributed by atoms with Crippen LogP contribution in [0.15, 0.2) is 17.0 Å². The van der Waals surface area contributed by atoms with Crippen LogP contribution < -0.4 is 0 Å². The topological polar surface area (TPSA) is 46.6 Å². The zero-order valence-corrected chi connectivity index (χ0v) is 12.3. The second kappa shape index (κ2) is 6.33. The first kappa shape index (κ1) is 16.3. The maximum absolute atomic E-state index is 13.7. The minimum absolute atomic E-state index is 0.0214. The number of rotatable bonds is 5. The Kier molecular flexibility index (Phi) is 4.90. The lowest BCUT2D eigenvalue weighted by molar-refractivity contribution is 0.180. The first-order valence-electron chi connectivity index (χ1n) is 6.58. The van der Waals surface area contributed by atoms with Crippen molar-refractivity contribution in [2.45, 2.75) is 18.2 Å². The summed E-state index contributed by atoms with van der Waals surface area (Å²) >= 11 is 0. The van der Waals surface area contributed by atoms with E-state index in [2.05, 4.69) is 0 Å². The Labute approximate surface area is 121 Å². The summed E-state index contributed by atoms with van der Waals surface area (Å²) in [6.07, 6.45) is 0.715. The molecule has 0 N–H and O–H groups in total. The van der Waals surface area contributed by atoms with Gasteiger partial charge in [0.25, 0.3) is 0 Å². The molecule has 0 aliphatic carbocycles. The van der Waals surface area contributed by atoms with Crippen LogP contribution in [-0.2, 0) is 14.8 Å². The van der Waals surface area contributed by atoms with Crippen LogP contribution >= 0.6 is 0 Å². The number of ether oxygens (including phenoxy) is 1. The van der Waals surface area contributed by atoms with Gasteiger partial charge in [-0.2, -0.15) is 4.31 Å². The molecule has 0 saturated carbocycles. The van der Waals surface area contributed by atoms with E-state index >= 15 is 0 Å². The summed E-state index contributed by atoms with van der Waals surface area (Å²) in [6, 6.07) is 0.628. The van der Waals surface area contributed by atoms with Gasteiger partial charge >= 0.3 is 0 Å². The van der Waals surface area contributed by atoms with Crippen LogP contribution in [0, 0.1) is 23.4 Å². The highest BCUT2D eigenvalue weighted by Gasteiger charge is 2.30. The van der Waals surface area contributed by atoms with Gasteiger partial charge in [-0.15, -0.1) is 0 Å². The van der Waals surface area contributed by atoms with Gasteiger partial charge < -0.3 is 4.74 Å². The SMILES string of the molecule is CCN(C[C@@H]1CCOC1)S(=O)(=O)c1cc(F)c(F)cc1F. The van der Waals surface area contributed by atoms with E-state index in [0.29, 0.717) is 25.7 Å². The molecule has 0 bridgehead atoms. The summed E-state index contributed by atoms with van der Waals surface area (Å²) in [7, 11) is -4.21. The maximum Gasteiger partial charge on any atom is 0.246 e. The van der Waals surface area contributed by atoms with Crippen LogP contribution in [0.25, 0.3) is 0 Å². The Hall–Kier alpha value is -1.12. The number of sulfonamides is 1. The van der Waals surface area contributed by atoms with Crippen molar-refractivity contribution in [1.29, 1.82) is 0 Å². The molecule has 1 aromatic rings. The third kappa shape index (κ3) is 3.38. The Bertz CT molecular complexity index is 615. The minimum atomic E-state index is -4.21. The predicted molar refractivity (Wildman–Crippen MR) is 69.7 cm³/mol. The van der Waals surface area contributed by atoms with Gasteiger partial charge in [-0.3, -0.25) is 0 Å².